The number of rotatable bonds is 2. The van der Waals surface area contributed by atoms with E-state index in [1.54, 1.807) is 5.43 Å². The van der Waals surface area contributed by atoms with Crippen molar-refractivity contribution in [1.29, 1.82) is 0 Å². The van der Waals surface area contributed by atoms with Gasteiger partial charge in [-0.15, -0.1) is 0 Å². The molecule has 0 atom stereocenters. The van der Waals surface area contributed by atoms with Crippen LogP contribution in [0.5, 0.6) is 0 Å². The molecule has 2 amide bonds. The van der Waals surface area contributed by atoms with Gasteiger partial charge in [0.25, 0.3) is 0 Å². The van der Waals surface area contributed by atoms with E-state index in [9.17, 15) is 18.4 Å². The summed E-state index contributed by atoms with van der Waals surface area (Å²) in [5.74, 6) is -4.32. The molecule has 1 aromatic rings. The number of hydrazone groups is 1. The lowest BCUT2D eigenvalue weighted by Crippen LogP contribution is -2.32. The summed E-state index contributed by atoms with van der Waals surface area (Å²) in [4.78, 5) is 20.9. The molecule has 16 heavy (non-hydrogen) atoms. The van der Waals surface area contributed by atoms with E-state index in [-0.39, 0.29) is 5.56 Å². The fourth-order valence-corrected chi connectivity index (χ4v) is 0.813. The van der Waals surface area contributed by atoms with Crippen LogP contribution in [0.4, 0.5) is 8.78 Å². The normalized spacial score (nSPS) is 10.4. The molecule has 1 aromatic carbocycles. The fraction of sp³-hybridized carbons (Fsp3) is 0. The van der Waals surface area contributed by atoms with Gasteiger partial charge in [0.15, 0.2) is 11.6 Å². The van der Waals surface area contributed by atoms with Gasteiger partial charge in [-0.25, -0.2) is 14.2 Å². The Hall–Kier alpha value is -2.31. The average Bonchev–Trinajstić information content (AvgIpc) is 2.23. The second kappa shape index (κ2) is 4.96. The molecule has 0 aliphatic carbocycles. The molecule has 84 valence electrons. The number of nitrogens with one attached hydrogen (secondary N) is 1. The van der Waals surface area contributed by atoms with Gasteiger partial charge >= 0.3 is 11.8 Å². The molecular formula is C9H7F2N3O2. The lowest BCUT2D eigenvalue weighted by molar-refractivity contribution is -0.137. The molecule has 0 fully saturated rings. The van der Waals surface area contributed by atoms with E-state index in [1.807, 2.05) is 0 Å². The number of hydrogen-bond donors (Lipinski definition) is 2. The quantitative estimate of drug-likeness (QED) is 0.420. The number of carbonyl (C=O) groups excluding carboxylic acids is 2. The first-order valence-electron chi connectivity index (χ1n) is 4.08. The van der Waals surface area contributed by atoms with Gasteiger partial charge in [0.05, 0.1) is 6.21 Å². The van der Waals surface area contributed by atoms with Crippen LogP contribution >= 0.6 is 0 Å². The maximum atomic E-state index is 12.7. The molecule has 0 radical (unpaired) electrons. The number of nitrogens with two attached hydrogens (primary N) is 1. The van der Waals surface area contributed by atoms with Crippen LogP contribution < -0.4 is 11.2 Å². The van der Waals surface area contributed by atoms with Crippen LogP contribution in [0.1, 0.15) is 5.56 Å². The Morgan fingerprint density at radius 3 is 2.56 bits per heavy atom. The van der Waals surface area contributed by atoms with Gasteiger partial charge in [0.1, 0.15) is 0 Å². The number of benzene rings is 1. The molecule has 7 heteroatoms. The van der Waals surface area contributed by atoms with Crippen molar-refractivity contribution in [1.82, 2.24) is 5.43 Å². The van der Waals surface area contributed by atoms with Crippen LogP contribution in [0.3, 0.4) is 0 Å². The van der Waals surface area contributed by atoms with Crippen LogP contribution in [0, 0.1) is 11.6 Å². The van der Waals surface area contributed by atoms with Crippen molar-refractivity contribution >= 4 is 18.0 Å². The molecule has 0 aliphatic heterocycles. The van der Waals surface area contributed by atoms with Crippen molar-refractivity contribution in [3.8, 4) is 0 Å². The number of halogens is 2. The summed E-state index contributed by atoms with van der Waals surface area (Å²) in [6, 6.07) is 3.04. The van der Waals surface area contributed by atoms with E-state index in [1.165, 1.54) is 6.07 Å². The molecule has 0 bridgehead atoms. The molecule has 0 saturated carbocycles. The van der Waals surface area contributed by atoms with Crippen LogP contribution in [0.25, 0.3) is 0 Å². The van der Waals surface area contributed by atoms with E-state index in [0.717, 1.165) is 18.3 Å². The first-order valence-corrected chi connectivity index (χ1v) is 4.08. The highest BCUT2D eigenvalue weighted by Gasteiger charge is 2.05. The first-order chi connectivity index (χ1) is 7.50. The highest BCUT2D eigenvalue weighted by molar-refractivity contribution is 6.34. The zero-order valence-electron chi connectivity index (χ0n) is 7.91. The minimum absolute atomic E-state index is 0.226. The van der Waals surface area contributed by atoms with Gasteiger partial charge in [-0.3, -0.25) is 9.59 Å². The van der Waals surface area contributed by atoms with Crippen molar-refractivity contribution in [2.45, 2.75) is 0 Å². The Bertz CT molecular complexity index is 460. The predicted octanol–water partition coefficient (Wildman–Crippen LogP) is -0.0998. The number of nitrogens with zero attached hydrogens (tertiary/aromatic N) is 1. The second-order valence-electron chi connectivity index (χ2n) is 2.74. The zero-order valence-corrected chi connectivity index (χ0v) is 7.91. The highest BCUT2D eigenvalue weighted by Crippen LogP contribution is 2.06. The summed E-state index contributed by atoms with van der Waals surface area (Å²) in [5, 5.41) is 3.32. The van der Waals surface area contributed by atoms with Gasteiger partial charge in [-0.05, 0) is 17.7 Å². The Kier molecular flexibility index (Phi) is 3.65. The Labute approximate surface area is 88.9 Å². The maximum Gasteiger partial charge on any atom is 0.329 e. The average molecular weight is 227 g/mol. The summed E-state index contributed by atoms with van der Waals surface area (Å²) in [5.41, 5.74) is 6.66. The predicted molar refractivity (Wildman–Crippen MR) is 51.3 cm³/mol. The standard InChI is InChI=1S/C9H7F2N3O2/c10-6-2-1-5(3-7(6)11)4-13-14-9(16)8(12)15/h1-4H,(H2,12,15)(H,14,16)/b13-4-. The third kappa shape index (κ3) is 3.12. The number of hydrogen-bond acceptors (Lipinski definition) is 3. The van der Waals surface area contributed by atoms with Gasteiger partial charge in [-0.1, -0.05) is 6.07 Å². The van der Waals surface area contributed by atoms with Crippen molar-refractivity contribution in [3.63, 3.8) is 0 Å². The molecule has 1 rings (SSSR count). The van der Waals surface area contributed by atoms with E-state index >= 15 is 0 Å². The fourth-order valence-electron chi connectivity index (χ4n) is 0.813. The molecular weight excluding hydrogens is 220 g/mol. The molecule has 0 aliphatic rings. The number of amides is 2. The van der Waals surface area contributed by atoms with Gasteiger partial charge < -0.3 is 5.73 Å². The number of carbonyl (C=O) groups is 2. The Balaban J connectivity index is 2.66. The van der Waals surface area contributed by atoms with Crippen molar-refractivity contribution in [3.05, 3.63) is 35.4 Å². The van der Waals surface area contributed by atoms with Crippen LogP contribution in [0.15, 0.2) is 23.3 Å². The van der Waals surface area contributed by atoms with E-state index < -0.39 is 23.4 Å². The number of primary amides is 1. The lowest BCUT2D eigenvalue weighted by atomic mass is 10.2. The van der Waals surface area contributed by atoms with Gasteiger partial charge in [0.2, 0.25) is 0 Å². The van der Waals surface area contributed by atoms with Crippen molar-refractivity contribution in [2.75, 3.05) is 0 Å². The molecule has 0 saturated heterocycles. The molecule has 5 nitrogen and oxygen atoms in total. The monoisotopic (exact) mass is 227 g/mol. The summed E-state index contributed by atoms with van der Waals surface area (Å²) in [7, 11) is 0. The third-order valence-electron chi connectivity index (χ3n) is 1.55. The lowest BCUT2D eigenvalue weighted by Gasteiger charge is -1.95. The summed E-state index contributed by atoms with van der Waals surface area (Å²) in [6.07, 6.45) is 1.04. The Morgan fingerprint density at radius 1 is 1.31 bits per heavy atom. The largest absolute Gasteiger partial charge is 0.361 e. The van der Waals surface area contributed by atoms with Crippen LogP contribution in [0.2, 0.25) is 0 Å². The van der Waals surface area contributed by atoms with Crippen molar-refractivity contribution in [2.24, 2.45) is 10.8 Å². The smallest absolute Gasteiger partial charge is 0.329 e. The van der Waals surface area contributed by atoms with E-state index in [4.69, 9.17) is 0 Å². The molecule has 0 heterocycles. The van der Waals surface area contributed by atoms with Gasteiger partial charge in [-0.2, -0.15) is 5.10 Å². The van der Waals surface area contributed by atoms with Crippen LogP contribution in [-0.2, 0) is 9.59 Å². The SMILES string of the molecule is NC(=O)C(=O)N/N=C\c1ccc(F)c(F)c1. The van der Waals surface area contributed by atoms with Crippen LogP contribution in [-0.4, -0.2) is 18.0 Å². The first kappa shape index (κ1) is 11.8. The third-order valence-corrected chi connectivity index (χ3v) is 1.55. The van der Waals surface area contributed by atoms with Crippen molar-refractivity contribution < 1.29 is 18.4 Å². The summed E-state index contributed by atoms with van der Waals surface area (Å²) < 4.78 is 25.2. The summed E-state index contributed by atoms with van der Waals surface area (Å²) in [6.45, 7) is 0. The highest BCUT2D eigenvalue weighted by atomic mass is 19.2. The minimum Gasteiger partial charge on any atom is -0.361 e. The molecule has 0 spiro atoms. The second-order valence-corrected chi connectivity index (χ2v) is 2.74. The zero-order chi connectivity index (χ0) is 12.1. The molecule has 0 aromatic heterocycles. The molecule has 0 unspecified atom stereocenters. The Morgan fingerprint density at radius 2 is 2.00 bits per heavy atom. The summed E-state index contributed by atoms with van der Waals surface area (Å²) >= 11 is 0. The van der Waals surface area contributed by atoms with E-state index in [2.05, 4.69) is 10.8 Å². The van der Waals surface area contributed by atoms with E-state index in [0.29, 0.717) is 0 Å². The molecule has 3 N–H and O–H groups in total. The van der Waals surface area contributed by atoms with Gasteiger partial charge in [0, 0.05) is 0 Å². The maximum absolute atomic E-state index is 12.7. The minimum atomic E-state index is -1.19. The topological polar surface area (TPSA) is 84.5 Å².